The molecule has 0 atom stereocenters. The summed E-state index contributed by atoms with van der Waals surface area (Å²) in [6, 6.07) is 16.3. The molecule has 2 N–H and O–H groups in total. The summed E-state index contributed by atoms with van der Waals surface area (Å²) in [6.07, 6.45) is 0.699. The van der Waals surface area contributed by atoms with Crippen LogP contribution >= 0.6 is 12.2 Å². The minimum Gasteiger partial charge on any atom is -0.466 e. The third kappa shape index (κ3) is 7.82. The van der Waals surface area contributed by atoms with Gasteiger partial charge in [0.1, 0.15) is 0 Å². The second-order valence-electron chi connectivity index (χ2n) is 6.69. The lowest BCUT2D eigenvalue weighted by atomic mass is 10.1. The van der Waals surface area contributed by atoms with Crippen LogP contribution in [0, 0.1) is 0 Å². The van der Waals surface area contributed by atoms with Gasteiger partial charge in [-0.3, -0.25) is 14.4 Å². The lowest BCUT2D eigenvalue weighted by Crippen LogP contribution is -2.34. The normalized spacial score (nSPS) is 10.1. The van der Waals surface area contributed by atoms with Crippen molar-refractivity contribution in [1.29, 1.82) is 0 Å². The number of hydrogen-bond donors (Lipinski definition) is 2. The standard InChI is InChI=1S/C23H27N3O4S/c1-3-15-30-21(28)14-13-20(27)25-23(31)24-18-10-8-9-17(16-18)22(29)26(4-2)19-11-6-5-7-12-19/h5-12,16H,3-4,13-15H2,1-2H3,(H2,24,25,27,31). The molecular formula is C23H27N3O4S. The summed E-state index contributed by atoms with van der Waals surface area (Å²) in [7, 11) is 0. The Balaban J connectivity index is 1.94. The van der Waals surface area contributed by atoms with Crippen LogP contribution < -0.4 is 15.5 Å². The molecule has 0 bridgehead atoms. The zero-order chi connectivity index (χ0) is 22.6. The van der Waals surface area contributed by atoms with Crippen LogP contribution in [0.15, 0.2) is 54.6 Å². The highest BCUT2D eigenvalue weighted by Crippen LogP contribution is 2.18. The lowest BCUT2D eigenvalue weighted by Gasteiger charge is -2.21. The van der Waals surface area contributed by atoms with Crippen LogP contribution in [-0.4, -0.2) is 36.0 Å². The summed E-state index contributed by atoms with van der Waals surface area (Å²) in [5.41, 5.74) is 1.87. The van der Waals surface area contributed by atoms with Crippen molar-refractivity contribution in [3.8, 4) is 0 Å². The number of benzene rings is 2. The Hall–Kier alpha value is -3.26. The number of ether oxygens (including phenoxy) is 1. The Morgan fingerprint density at radius 1 is 1.00 bits per heavy atom. The van der Waals surface area contributed by atoms with E-state index in [1.807, 2.05) is 44.2 Å². The van der Waals surface area contributed by atoms with Crippen molar-refractivity contribution in [3.63, 3.8) is 0 Å². The van der Waals surface area contributed by atoms with Crippen molar-refractivity contribution >= 4 is 46.5 Å². The summed E-state index contributed by atoms with van der Waals surface area (Å²) in [4.78, 5) is 38.1. The molecule has 0 saturated carbocycles. The molecule has 0 spiro atoms. The van der Waals surface area contributed by atoms with E-state index in [1.165, 1.54) is 0 Å². The zero-order valence-electron chi connectivity index (χ0n) is 17.7. The lowest BCUT2D eigenvalue weighted by molar-refractivity contribution is -0.144. The van der Waals surface area contributed by atoms with Crippen LogP contribution in [-0.2, 0) is 14.3 Å². The summed E-state index contributed by atoms with van der Waals surface area (Å²) in [5.74, 6) is -0.946. The molecular weight excluding hydrogens is 414 g/mol. The van der Waals surface area contributed by atoms with E-state index in [2.05, 4.69) is 10.6 Å². The van der Waals surface area contributed by atoms with E-state index in [1.54, 1.807) is 29.2 Å². The predicted molar refractivity (Wildman–Crippen MR) is 125 cm³/mol. The van der Waals surface area contributed by atoms with Crippen molar-refractivity contribution in [2.75, 3.05) is 23.4 Å². The predicted octanol–water partition coefficient (Wildman–Crippen LogP) is 3.90. The van der Waals surface area contributed by atoms with Gasteiger partial charge in [0.2, 0.25) is 5.91 Å². The molecule has 2 aromatic rings. The average Bonchev–Trinajstić information content (AvgIpc) is 2.77. The van der Waals surface area contributed by atoms with E-state index < -0.39 is 5.97 Å². The largest absolute Gasteiger partial charge is 0.466 e. The molecule has 7 nitrogen and oxygen atoms in total. The van der Waals surface area contributed by atoms with E-state index >= 15 is 0 Å². The minimum absolute atomic E-state index is 0.00915. The second-order valence-corrected chi connectivity index (χ2v) is 7.10. The summed E-state index contributed by atoms with van der Waals surface area (Å²) >= 11 is 5.17. The Morgan fingerprint density at radius 3 is 2.42 bits per heavy atom. The highest BCUT2D eigenvalue weighted by Gasteiger charge is 2.16. The third-order valence-corrected chi connectivity index (χ3v) is 4.48. The molecule has 0 aromatic heterocycles. The molecule has 2 aromatic carbocycles. The molecule has 0 unspecified atom stereocenters. The van der Waals surface area contributed by atoms with Crippen LogP contribution in [0.5, 0.6) is 0 Å². The van der Waals surface area contributed by atoms with Crippen molar-refractivity contribution < 1.29 is 19.1 Å². The Kier molecular flexibility index (Phi) is 9.64. The number of nitrogens with one attached hydrogen (secondary N) is 2. The number of anilines is 2. The molecule has 2 amide bonds. The summed E-state index contributed by atoms with van der Waals surface area (Å²) in [5, 5.41) is 5.52. The first-order chi connectivity index (χ1) is 14.9. The highest BCUT2D eigenvalue weighted by atomic mass is 32.1. The Bertz CT molecular complexity index is 918. The summed E-state index contributed by atoms with van der Waals surface area (Å²) in [6.45, 7) is 4.68. The quantitative estimate of drug-likeness (QED) is 0.453. The molecule has 0 heterocycles. The van der Waals surface area contributed by atoms with Gasteiger partial charge in [-0.05, 0) is 55.9 Å². The molecule has 0 radical (unpaired) electrons. The van der Waals surface area contributed by atoms with Gasteiger partial charge in [0.15, 0.2) is 5.11 Å². The molecule has 164 valence electrons. The molecule has 31 heavy (non-hydrogen) atoms. The van der Waals surface area contributed by atoms with Crippen molar-refractivity contribution in [2.24, 2.45) is 0 Å². The van der Waals surface area contributed by atoms with Crippen LogP contribution in [0.4, 0.5) is 11.4 Å². The van der Waals surface area contributed by atoms with Gasteiger partial charge in [-0.2, -0.15) is 0 Å². The SMILES string of the molecule is CCCOC(=O)CCC(=O)NC(=S)Nc1cccc(C(=O)N(CC)c2ccccc2)c1. The fraction of sp³-hybridized carbons (Fsp3) is 0.304. The van der Waals surface area contributed by atoms with Gasteiger partial charge in [-0.1, -0.05) is 31.2 Å². The molecule has 0 aliphatic carbocycles. The van der Waals surface area contributed by atoms with E-state index in [9.17, 15) is 14.4 Å². The Morgan fingerprint density at radius 2 is 1.74 bits per heavy atom. The van der Waals surface area contributed by atoms with Crippen molar-refractivity contribution in [1.82, 2.24) is 5.32 Å². The zero-order valence-corrected chi connectivity index (χ0v) is 18.5. The molecule has 0 aliphatic heterocycles. The van der Waals surface area contributed by atoms with Crippen molar-refractivity contribution in [3.05, 3.63) is 60.2 Å². The highest BCUT2D eigenvalue weighted by molar-refractivity contribution is 7.80. The first kappa shape index (κ1) is 24.0. The van der Waals surface area contributed by atoms with E-state index in [0.29, 0.717) is 24.4 Å². The van der Waals surface area contributed by atoms with Crippen LogP contribution in [0.1, 0.15) is 43.5 Å². The number of rotatable bonds is 9. The molecule has 8 heteroatoms. The fourth-order valence-electron chi connectivity index (χ4n) is 2.79. The first-order valence-corrected chi connectivity index (χ1v) is 10.6. The molecule has 0 aliphatic rings. The monoisotopic (exact) mass is 441 g/mol. The number of nitrogens with zero attached hydrogens (tertiary/aromatic N) is 1. The smallest absolute Gasteiger partial charge is 0.306 e. The van der Waals surface area contributed by atoms with Gasteiger partial charge in [0, 0.05) is 29.9 Å². The maximum Gasteiger partial charge on any atom is 0.306 e. The number of carbonyl (C=O) groups is 3. The number of thiocarbonyl (C=S) groups is 1. The minimum atomic E-state index is -0.416. The van der Waals surface area contributed by atoms with E-state index in [-0.39, 0.29) is 29.8 Å². The maximum absolute atomic E-state index is 13.0. The average molecular weight is 442 g/mol. The van der Waals surface area contributed by atoms with Gasteiger partial charge >= 0.3 is 5.97 Å². The number of esters is 1. The molecule has 0 saturated heterocycles. The summed E-state index contributed by atoms with van der Waals surface area (Å²) < 4.78 is 4.93. The first-order valence-electron chi connectivity index (χ1n) is 10.2. The fourth-order valence-corrected chi connectivity index (χ4v) is 3.02. The van der Waals surface area contributed by atoms with Gasteiger partial charge in [0.05, 0.1) is 13.0 Å². The van der Waals surface area contributed by atoms with Crippen molar-refractivity contribution in [2.45, 2.75) is 33.1 Å². The van der Waals surface area contributed by atoms with Gasteiger partial charge in [0.25, 0.3) is 5.91 Å². The van der Waals surface area contributed by atoms with E-state index in [0.717, 1.165) is 12.1 Å². The Labute approximate surface area is 187 Å². The maximum atomic E-state index is 13.0. The van der Waals surface area contributed by atoms with Crippen LogP contribution in [0.25, 0.3) is 0 Å². The van der Waals surface area contributed by atoms with Gasteiger partial charge in [-0.15, -0.1) is 0 Å². The van der Waals surface area contributed by atoms with Gasteiger partial charge in [-0.25, -0.2) is 0 Å². The number of amides is 2. The van der Waals surface area contributed by atoms with Gasteiger partial charge < -0.3 is 20.3 Å². The third-order valence-electron chi connectivity index (χ3n) is 4.27. The molecule has 0 fully saturated rings. The number of carbonyl (C=O) groups excluding carboxylic acids is 3. The molecule has 2 rings (SSSR count). The van der Waals surface area contributed by atoms with Crippen LogP contribution in [0.2, 0.25) is 0 Å². The van der Waals surface area contributed by atoms with E-state index in [4.69, 9.17) is 17.0 Å². The number of para-hydroxylation sites is 1. The van der Waals surface area contributed by atoms with Crippen LogP contribution in [0.3, 0.4) is 0 Å². The second kappa shape index (κ2) is 12.4. The number of hydrogen-bond acceptors (Lipinski definition) is 5. The topological polar surface area (TPSA) is 87.7 Å².